The van der Waals surface area contributed by atoms with E-state index >= 15 is 0 Å². The van der Waals surface area contributed by atoms with Crippen molar-refractivity contribution in [1.82, 2.24) is 20.1 Å². The molecule has 158 valence electrons. The number of nitrogens with two attached hydrogens (primary N) is 1. The Morgan fingerprint density at radius 2 is 2.20 bits per heavy atom. The van der Waals surface area contributed by atoms with E-state index in [1.807, 2.05) is 6.07 Å². The van der Waals surface area contributed by atoms with Crippen LogP contribution in [0.5, 0.6) is 0 Å². The highest BCUT2D eigenvalue weighted by molar-refractivity contribution is 8.13. The number of nitrogens with zero attached hydrogens (tertiary/aromatic N) is 5. The molecule has 0 saturated carbocycles. The Kier molecular flexibility index (Phi) is 9.62. The standard InChI is InChI=1S/C12H13FN4O2S.C8H10N2/c1-8(16-14)20-7-11-15-12(17-19-11)10-4-2-3-9(5-10)6-18-13;1-3-7(2)8-6-9-4-5-10-8/h2-5H,6-7,14H2,1H3;4-6H,2-3H2,1H3/b16-8+;. The molecule has 8 nitrogen and oxygen atoms in total. The van der Waals surface area contributed by atoms with Crippen LogP contribution in [-0.4, -0.2) is 25.2 Å². The van der Waals surface area contributed by atoms with Crippen LogP contribution in [0.1, 0.15) is 37.4 Å². The third-order valence-electron chi connectivity index (χ3n) is 3.81. The van der Waals surface area contributed by atoms with E-state index < -0.39 is 0 Å². The fourth-order valence-corrected chi connectivity index (χ4v) is 2.68. The van der Waals surface area contributed by atoms with Gasteiger partial charge in [-0.3, -0.25) is 9.97 Å². The van der Waals surface area contributed by atoms with Gasteiger partial charge in [-0.1, -0.05) is 48.6 Å². The lowest BCUT2D eigenvalue weighted by Gasteiger charge is -1.98. The average Bonchev–Trinajstić information content (AvgIpc) is 3.27. The van der Waals surface area contributed by atoms with Crippen LogP contribution in [0, 0.1) is 0 Å². The first kappa shape index (κ1) is 23.2. The van der Waals surface area contributed by atoms with Gasteiger partial charge in [0.15, 0.2) is 0 Å². The largest absolute Gasteiger partial charge is 0.338 e. The summed E-state index contributed by atoms with van der Waals surface area (Å²) in [4.78, 5) is 15.9. The van der Waals surface area contributed by atoms with E-state index in [1.54, 1.807) is 43.7 Å². The summed E-state index contributed by atoms with van der Waals surface area (Å²) >= 11 is 1.41. The predicted molar refractivity (Wildman–Crippen MR) is 116 cm³/mol. The molecule has 0 radical (unpaired) electrons. The van der Waals surface area contributed by atoms with Crippen LogP contribution in [-0.2, 0) is 17.3 Å². The van der Waals surface area contributed by atoms with Crippen LogP contribution in [0.4, 0.5) is 4.53 Å². The lowest BCUT2D eigenvalue weighted by Crippen LogP contribution is -1.92. The summed E-state index contributed by atoms with van der Waals surface area (Å²) in [5.74, 6) is 6.55. The summed E-state index contributed by atoms with van der Waals surface area (Å²) in [5, 5.41) is 8.16. The van der Waals surface area contributed by atoms with E-state index in [0.717, 1.165) is 28.3 Å². The molecule has 3 aromatic rings. The first-order chi connectivity index (χ1) is 14.6. The van der Waals surface area contributed by atoms with E-state index in [4.69, 9.17) is 10.4 Å². The SMILES string of the molecule is C/C(=N\N)SCc1nc(-c2cccc(COF)c2)no1.C=C(CC)c1cnccn1. The average molecular weight is 431 g/mol. The first-order valence-electron chi connectivity index (χ1n) is 9.04. The van der Waals surface area contributed by atoms with Crippen molar-refractivity contribution in [2.45, 2.75) is 32.6 Å². The number of hydrazone groups is 1. The molecule has 0 bridgehead atoms. The number of halogens is 1. The molecule has 0 fully saturated rings. The van der Waals surface area contributed by atoms with E-state index in [-0.39, 0.29) is 6.61 Å². The minimum Gasteiger partial charge on any atom is -0.338 e. The zero-order chi connectivity index (χ0) is 21.8. The molecule has 0 unspecified atom stereocenters. The molecule has 3 rings (SSSR count). The van der Waals surface area contributed by atoms with Gasteiger partial charge in [-0.05, 0) is 35.1 Å². The molecule has 1 aromatic carbocycles. The molecule has 0 aliphatic rings. The molecular weight excluding hydrogens is 407 g/mol. The Balaban J connectivity index is 0.000000269. The van der Waals surface area contributed by atoms with Gasteiger partial charge >= 0.3 is 0 Å². The Bertz CT molecular complexity index is 965. The minimum atomic E-state index is -0.111. The van der Waals surface area contributed by atoms with Crippen LogP contribution >= 0.6 is 11.8 Å². The molecule has 0 aliphatic heterocycles. The highest BCUT2D eigenvalue weighted by atomic mass is 32.2. The van der Waals surface area contributed by atoms with Crippen molar-refractivity contribution in [3.05, 3.63) is 66.6 Å². The number of allylic oxidation sites excluding steroid dienone is 1. The van der Waals surface area contributed by atoms with Crippen molar-refractivity contribution in [2.24, 2.45) is 10.9 Å². The highest BCUT2D eigenvalue weighted by Gasteiger charge is 2.10. The van der Waals surface area contributed by atoms with E-state index in [9.17, 15) is 4.53 Å². The van der Waals surface area contributed by atoms with Gasteiger partial charge in [0.05, 0.1) is 22.7 Å². The topological polar surface area (TPSA) is 112 Å². The summed E-state index contributed by atoms with van der Waals surface area (Å²) in [7, 11) is 0. The van der Waals surface area contributed by atoms with Crippen molar-refractivity contribution < 1.29 is 14.0 Å². The van der Waals surface area contributed by atoms with Gasteiger partial charge in [0.25, 0.3) is 0 Å². The summed E-state index contributed by atoms with van der Waals surface area (Å²) in [6.45, 7) is 7.58. The van der Waals surface area contributed by atoms with Gasteiger partial charge < -0.3 is 10.4 Å². The molecular formula is C20H23FN6O2S. The molecule has 0 amide bonds. The third kappa shape index (κ3) is 7.37. The Morgan fingerprint density at radius 1 is 1.37 bits per heavy atom. The maximum Gasteiger partial charge on any atom is 0.237 e. The van der Waals surface area contributed by atoms with Crippen molar-refractivity contribution in [1.29, 1.82) is 0 Å². The molecule has 0 saturated heterocycles. The Labute approximate surface area is 178 Å². The van der Waals surface area contributed by atoms with E-state index in [1.165, 1.54) is 11.8 Å². The highest BCUT2D eigenvalue weighted by Crippen LogP contribution is 2.20. The van der Waals surface area contributed by atoms with Crippen LogP contribution in [0.2, 0.25) is 0 Å². The molecule has 2 aromatic heterocycles. The van der Waals surface area contributed by atoms with E-state index in [0.29, 0.717) is 23.0 Å². The number of hydrogen-bond acceptors (Lipinski definition) is 9. The summed E-state index contributed by atoms with van der Waals surface area (Å²) in [6.07, 6.45) is 5.99. The van der Waals surface area contributed by atoms with Crippen LogP contribution in [0.3, 0.4) is 0 Å². The fraction of sp³-hybridized carbons (Fsp3) is 0.250. The lowest BCUT2D eigenvalue weighted by atomic mass is 10.1. The smallest absolute Gasteiger partial charge is 0.237 e. The molecule has 0 atom stereocenters. The maximum absolute atomic E-state index is 11.9. The molecule has 30 heavy (non-hydrogen) atoms. The van der Waals surface area contributed by atoms with Crippen molar-refractivity contribution >= 4 is 22.4 Å². The van der Waals surface area contributed by atoms with Crippen LogP contribution in [0.15, 0.2) is 59.1 Å². The van der Waals surface area contributed by atoms with Crippen molar-refractivity contribution in [2.75, 3.05) is 0 Å². The van der Waals surface area contributed by atoms with Crippen molar-refractivity contribution in [3.63, 3.8) is 0 Å². The summed E-state index contributed by atoms with van der Waals surface area (Å²) < 4.78 is 17.0. The van der Waals surface area contributed by atoms with Gasteiger partial charge in [-0.2, -0.15) is 15.0 Å². The number of thioether (sulfide) groups is 1. The minimum absolute atomic E-state index is 0.111. The van der Waals surface area contributed by atoms with E-state index in [2.05, 4.69) is 43.7 Å². The number of aromatic nitrogens is 4. The van der Waals surface area contributed by atoms with Crippen molar-refractivity contribution in [3.8, 4) is 11.4 Å². The van der Waals surface area contributed by atoms with Gasteiger partial charge in [-0.25, -0.2) is 0 Å². The predicted octanol–water partition coefficient (Wildman–Crippen LogP) is 4.56. The second-order valence-electron chi connectivity index (χ2n) is 5.95. The van der Waals surface area contributed by atoms with Gasteiger partial charge in [0, 0.05) is 18.0 Å². The molecule has 10 heteroatoms. The Morgan fingerprint density at radius 3 is 2.87 bits per heavy atom. The zero-order valence-electron chi connectivity index (χ0n) is 16.8. The monoisotopic (exact) mass is 430 g/mol. The van der Waals surface area contributed by atoms with Crippen LogP contribution < -0.4 is 5.84 Å². The maximum atomic E-state index is 11.9. The van der Waals surface area contributed by atoms with Gasteiger partial charge in [0.2, 0.25) is 11.7 Å². The second kappa shape index (κ2) is 12.5. The van der Waals surface area contributed by atoms with Gasteiger partial charge in [-0.15, -0.1) is 0 Å². The first-order valence-corrected chi connectivity index (χ1v) is 10.0. The normalized spacial score (nSPS) is 11.0. The zero-order valence-corrected chi connectivity index (χ0v) is 17.6. The second-order valence-corrected chi connectivity index (χ2v) is 7.12. The number of rotatable bonds is 7. The van der Waals surface area contributed by atoms with Crippen LogP contribution in [0.25, 0.3) is 17.0 Å². The number of benzene rings is 1. The molecule has 2 heterocycles. The Hall–Kier alpha value is -3.11. The number of hydrogen-bond donors (Lipinski definition) is 1. The summed E-state index contributed by atoms with van der Waals surface area (Å²) in [5.41, 5.74) is 3.36. The molecule has 2 N–H and O–H groups in total. The quantitative estimate of drug-likeness (QED) is 0.251. The molecule has 0 aliphatic carbocycles. The summed E-state index contributed by atoms with van der Waals surface area (Å²) in [6, 6.07) is 7.09. The lowest BCUT2D eigenvalue weighted by molar-refractivity contribution is -0.144. The molecule has 0 spiro atoms. The third-order valence-corrected chi connectivity index (χ3v) is 4.73. The fourth-order valence-electron chi connectivity index (χ4n) is 2.16. The van der Waals surface area contributed by atoms with Gasteiger partial charge in [0.1, 0.15) is 6.61 Å².